The second-order valence-corrected chi connectivity index (χ2v) is 4.25. The van der Waals surface area contributed by atoms with Crippen LogP contribution in [0.5, 0.6) is 0 Å². The van der Waals surface area contributed by atoms with Gasteiger partial charge in [-0.25, -0.2) is 0 Å². The van der Waals surface area contributed by atoms with Crippen LogP contribution in [0, 0.1) is 0 Å². The standard InChI is InChI=1S/C14H18N4/c1-15-9-13-10-17-8-5-14(13)18(2)11-12-3-6-16-7-4-12/h3-8,10,15H,9,11H2,1-2H3. The van der Waals surface area contributed by atoms with Crippen molar-refractivity contribution in [3.05, 3.63) is 54.1 Å². The van der Waals surface area contributed by atoms with Gasteiger partial charge in [0.15, 0.2) is 0 Å². The average Bonchev–Trinajstić information content (AvgIpc) is 2.41. The van der Waals surface area contributed by atoms with Gasteiger partial charge >= 0.3 is 0 Å². The summed E-state index contributed by atoms with van der Waals surface area (Å²) >= 11 is 0. The first-order valence-corrected chi connectivity index (χ1v) is 5.99. The Balaban J connectivity index is 2.16. The Hall–Kier alpha value is -1.94. The Morgan fingerprint density at radius 3 is 2.56 bits per heavy atom. The summed E-state index contributed by atoms with van der Waals surface area (Å²) in [7, 11) is 4.04. The van der Waals surface area contributed by atoms with Crippen LogP contribution >= 0.6 is 0 Å². The number of nitrogens with one attached hydrogen (secondary N) is 1. The molecule has 0 aliphatic heterocycles. The third kappa shape index (κ3) is 3.05. The lowest BCUT2D eigenvalue weighted by Gasteiger charge is -2.22. The molecule has 0 bridgehead atoms. The first-order chi connectivity index (χ1) is 8.81. The molecule has 0 unspecified atom stereocenters. The highest BCUT2D eigenvalue weighted by Crippen LogP contribution is 2.19. The predicted octanol–water partition coefficient (Wildman–Crippen LogP) is 1.83. The van der Waals surface area contributed by atoms with Crippen LogP contribution in [-0.4, -0.2) is 24.1 Å². The third-order valence-corrected chi connectivity index (χ3v) is 2.83. The van der Waals surface area contributed by atoms with Crippen LogP contribution in [-0.2, 0) is 13.1 Å². The zero-order valence-electron chi connectivity index (χ0n) is 10.8. The van der Waals surface area contributed by atoms with E-state index in [4.69, 9.17) is 0 Å². The molecule has 0 aliphatic carbocycles. The van der Waals surface area contributed by atoms with Crippen LogP contribution in [0.4, 0.5) is 5.69 Å². The molecule has 2 rings (SSSR count). The Labute approximate surface area is 108 Å². The molecule has 0 radical (unpaired) electrons. The Morgan fingerprint density at radius 2 is 1.83 bits per heavy atom. The smallest absolute Gasteiger partial charge is 0.0443 e. The van der Waals surface area contributed by atoms with Gasteiger partial charge in [0, 0.05) is 56.2 Å². The van der Waals surface area contributed by atoms with Crippen LogP contribution in [0.25, 0.3) is 0 Å². The van der Waals surface area contributed by atoms with Gasteiger partial charge in [0.25, 0.3) is 0 Å². The highest BCUT2D eigenvalue weighted by molar-refractivity contribution is 5.51. The van der Waals surface area contributed by atoms with Crippen LogP contribution in [0.15, 0.2) is 43.0 Å². The molecule has 1 N–H and O–H groups in total. The Bertz CT molecular complexity index is 484. The quantitative estimate of drug-likeness (QED) is 0.868. The topological polar surface area (TPSA) is 41.1 Å². The van der Waals surface area contributed by atoms with Crippen molar-refractivity contribution in [1.29, 1.82) is 0 Å². The maximum absolute atomic E-state index is 4.18. The molecular formula is C14H18N4. The van der Waals surface area contributed by atoms with Crippen molar-refractivity contribution in [3.63, 3.8) is 0 Å². The summed E-state index contributed by atoms with van der Waals surface area (Å²) < 4.78 is 0. The highest BCUT2D eigenvalue weighted by atomic mass is 15.1. The molecule has 0 amide bonds. The van der Waals surface area contributed by atoms with Crippen molar-refractivity contribution in [2.75, 3.05) is 19.0 Å². The monoisotopic (exact) mass is 242 g/mol. The summed E-state index contributed by atoms with van der Waals surface area (Å²) in [6.45, 7) is 1.69. The van der Waals surface area contributed by atoms with Crippen LogP contribution < -0.4 is 10.2 Å². The Kier molecular flexibility index (Phi) is 4.25. The van der Waals surface area contributed by atoms with Gasteiger partial charge in [0.2, 0.25) is 0 Å². The number of hydrogen-bond donors (Lipinski definition) is 1. The maximum atomic E-state index is 4.18. The van der Waals surface area contributed by atoms with E-state index in [0.717, 1.165) is 13.1 Å². The molecular weight excluding hydrogens is 224 g/mol. The molecule has 0 spiro atoms. The van der Waals surface area contributed by atoms with Gasteiger partial charge in [-0.1, -0.05) is 0 Å². The average molecular weight is 242 g/mol. The lowest BCUT2D eigenvalue weighted by Crippen LogP contribution is -2.19. The van der Waals surface area contributed by atoms with Crippen molar-refractivity contribution in [2.45, 2.75) is 13.1 Å². The van der Waals surface area contributed by atoms with E-state index in [1.54, 1.807) is 0 Å². The third-order valence-electron chi connectivity index (χ3n) is 2.83. The van der Waals surface area contributed by atoms with Gasteiger partial charge in [-0.05, 0) is 30.8 Å². The van der Waals surface area contributed by atoms with Crippen molar-refractivity contribution in [2.24, 2.45) is 0 Å². The summed E-state index contributed by atoms with van der Waals surface area (Å²) in [5, 5.41) is 3.17. The fourth-order valence-corrected chi connectivity index (χ4v) is 1.97. The number of anilines is 1. The molecule has 2 heterocycles. The van der Waals surface area contributed by atoms with E-state index in [1.165, 1.54) is 16.8 Å². The van der Waals surface area contributed by atoms with Crippen LogP contribution in [0.2, 0.25) is 0 Å². The van der Waals surface area contributed by atoms with Crippen molar-refractivity contribution >= 4 is 5.69 Å². The first kappa shape index (κ1) is 12.5. The number of nitrogens with zero attached hydrogens (tertiary/aromatic N) is 3. The fraction of sp³-hybridized carbons (Fsp3) is 0.286. The summed E-state index contributed by atoms with van der Waals surface area (Å²) in [6.07, 6.45) is 7.39. The molecule has 0 saturated heterocycles. The molecule has 94 valence electrons. The van der Waals surface area contributed by atoms with E-state index < -0.39 is 0 Å². The van der Waals surface area contributed by atoms with E-state index in [0.29, 0.717) is 0 Å². The molecule has 2 aromatic rings. The molecule has 18 heavy (non-hydrogen) atoms. The molecule has 0 aromatic carbocycles. The zero-order chi connectivity index (χ0) is 12.8. The van der Waals surface area contributed by atoms with Gasteiger partial charge in [-0.2, -0.15) is 0 Å². The minimum atomic E-state index is 0.823. The van der Waals surface area contributed by atoms with Gasteiger partial charge < -0.3 is 10.2 Å². The summed E-state index contributed by atoms with van der Waals surface area (Å²) in [6, 6.07) is 6.12. The molecule has 0 saturated carbocycles. The summed E-state index contributed by atoms with van der Waals surface area (Å²) in [5.74, 6) is 0. The molecule has 2 aromatic heterocycles. The molecule has 0 aliphatic rings. The lowest BCUT2D eigenvalue weighted by atomic mass is 10.2. The van der Waals surface area contributed by atoms with Crippen LogP contribution in [0.1, 0.15) is 11.1 Å². The minimum absolute atomic E-state index is 0.823. The molecule has 0 fully saturated rings. The maximum Gasteiger partial charge on any atom is 0.0443 e. The van der Waals surface area contributed by atoms with E-state index in [-0.39, 0.29) is 0 Å². The molecule has 4 heteroatoms. The lowest BCUT2D eigenvalue weighted by molar-refractivity contribution is 0.800. The van der Waals surface area contributed by atoms with E-state index in [2.05, 4.69) is 27.2 Å². The second-order valence-electron chi connectivity index (χ2n) is 4.25. The summed E-state index contributed by atoms with van der Waals surface area (Å²) in [5.41, 5.74) is 3.66. The van der Waals surface area contributed by atoms with E-state index in [9.17, 15) is 0 Å². The highest BCUT2D eigenvalue weighted by Gasteiger charge is 2.07. The van der Waals surface area contributed by atoms with Crippen molar-refractivity contribution in [1.82, 2.24) is 15.3 Å². The number of pyridine rings is 2. The summed E-state index contributed by atoms with van der Waals surface area (Å²) in [4.78, 5) is 10.4. The van der Waals surface area contributed by atoms with Gasteiger partial charge in [0.1, 0.15) is 0 Å². The van der Waals surface area contributed by atoms with Crippen LogP contribution in [0.3, 0.4) is 0 Å². The van der Waals surface area contributed by atoms with Gasteiger partial charge in [-0.3, -0.25) is 9.97 Å². The largest absolute Gasteiger partial charge is 0.370 e. The SMILES string of the molecule is CNCc1cnccc1N(C)Cc1ccncc1. The van der Waals surface area contributed by atoms with E-state index >= 15 is 0 Å². The fourth-order valence-electron chi connectivity index (χ4n) is 1.97. The zero-order valence-corrected chi connectivity index (χ0v) is 10.8. The molecule has 0 atom stereocenters. The van der Waals surface area contributed by atoms with Crippen molar-refractivity contribution in [3.8, 4) is 0 Å². The number of hydrogen-bond acceptors (Lipinski definition) is 4. The first-order valence-electron chi connectivity index (χ1n) is 5.99. The number of aromatic nitrogens is 2. The second kappa shape index (κ2) is 6.12. The minimum Gasteiger partial charge on any atom is -0.370 e. The molecule has 4 nitrogen and oxygen atoms in total. The van der Waals surface area contributed by atoms with Crippen molar-refractivity contribution < 1.29 is 0 Å². The predicted molar refractivity (Wildman–Crippen MR) is 73.3 cm³/mol. The van der Waals surface area contributed by atoms with E-state index in [1.807, 2.05) is 50.0 Å². The number of rotatable bonds is 5. The van der Waals surface area contributed by atoms with Gasteiger partial charge in [0.05, 0.1) is 0 Å². The van der Waals surface area contributed by atoms with Gasteiger partial charge in [-0.15, -0.1) is 0 Å². The normalized spacial score (nSPS) is 10.3. The Morgan fingerprint density at radius 1 is 1.11 bits per heavy atom.